The van der Waals surface area contributed by atoms with E-state index in [4.69, 9.17) is 4.74 Å². The Kier molecular flexibility index (Phi) is 3.54. The van der Waals surface area contributed by atoms with Crippen molar-refractivity contribution in [1.29, 1.82) is 0 Å². The maximum Gasteiger partial charge on any atom is 0.0490 e. The van der Waals surface area contributed by atoms with Gasteiger partial charge in [0.25, 0.3) is 0 Å². The third kappa shape index (κ3) is 2.82. The highest BCUT2D eigenvalue weighted by Crippen LogP contribution is 2.08. The molecule has 0 amide bonds. The summed E-state index contributed by atoms with van der Waals surface area (Å²) in [6, 6.07) is 2.60. The molecule has 2 rings (SSSR count). The van der Waals surface area contributed by atoms with Crippen molar-refractivity contribution >= 4 is 0 Å². The van der Waals surface area contributed by atoms with E-state index in [2.05, 4.69) is 15.5 Å². The number of aromatic amines is 1. The normalized spacial score (nSPS) is 23.3. The summed E-state index contributed by atoms with van der Waals surface area (Å²) in [6.07, 6.45) is 5.29. The van der Waals surface area contributed by atoms with Gasteiger partial charge in [0.2, 0.25) is 0 Å². The van der Waals surface area contributed by atoms with Crippen LogP contribution in [0.5, 0.6) is 0 Å². The first-order valence-electron chi connectivity index (χ1n) is 5.24. The monoisotopic (exact) mass is 195 g/mol. The minimum atomic E-state index is 0.598. The van der Waals surface area contributed by atoms with Crippen LogP contribution in [0.25, 0.3) is 0 Å². The number of hydrogen-bond donors (Lipinski definition) is 2. The lowest BCUT2D eigenvalue weighted by molar-refractivity contribution is 0.142. The van der Waals surface area contributed by atoms with Crippen LogP contribution in [0, 0.1) is 0 Å². The first kappa shape index (κ1) is 9.68. The molecule has 1 fully saturated rings. The Morgan fingerprint density at radius 1 is 1.50 bits per heavy atom. The zero-order chi connectivity index (χ0) is 9.64. The van der Waals surface area contributed by atoms with Crippen molar-refractivity contribution in [2.75, 3.05) is 13.2 Å². The maximum atomic E-state index is 5.40. The summed E-state index contributed by atoms with van der Waals surface area (Å²) in [7, 11) is 0. The van der Waals surface area contributed by atoms with Crippen LogP contribution in [0.4, 0.5) is 0 Å². The van der Waals surface area contributed by atoms with Crippen LogP contribution >= 0.6 is 0 Å². The summed E-state index contributed by atoms with van der Waals surface area (Å²) in [5.74, 6) is 0. The van der Waals surface area contributed by atoms with E-state index in [1.165, 1.54) is 12.8 Å². The van der Waals surface area contributed by atoms with Gasteiger partial charge in [-0.1, -0.05) is 0 Å². The molecule has 0 radical (unpaired) electrons. The van der Waals surface area contributed by atoms with Crippen molar-refractivity contribution in [3.05, 3.63) is 18.0 Å². The lowest BCUT2D eigenvalue weighted by atomic mass is 10.1. The predicted octanol–water partition coefficient (Wildman–Crippen LogP) is 1.07. The average Bonchev–Trinajstić information content (AvgIpc) is 2.58. The van der Waals surface area contributed by atoms with Crippen LogP contribution in [0.2, 0.25) is 0 Å². The first-order valence-corrected chi connectivity index (χ1v) is 5.24. The molecule has 0 aromatic carbocycles. The minimum Gasteiger partial charge on any atom is -0.381 e. The molecule has 1 aromatic rings. The Labute approximate surface area is 84.0 Å². The highest BCUT2D eigenvalue weighted by Gasteiger charge is 2.11. The third-order valence-corrected chi connectivity index (χ3v) is 2.59. The van der Waals surface area contributed by atoms with E-state index >= 15 is 0 Å². The Hall–Kier alpha value is -0.870. The van der Waals surface area contributed by atoms with Crippen molar-refractivity contribution in [2.24, 2.45) is 0 Å². The lowest BCUT2D eigenvalue weighted by Crippen LogP contribution is -2.28. The van der Waals surface area contributed by atoms with Crippen LogP contribution < -0.4 is 5.32 Å². The second-order valence-electron chi connectivity index (χ2n) is 3.70. The second-order valence-corrected chi connectivity index (χ2v) is 3.70. The van der Waals surface area contributed by atoms with E-state index in [1.807, 2.05) is 6.07 Å². The van der Waals surface area contributed by atoms with E-state index in [9.17, 15) is 0 Å². The highest BCUT2D eigenvalue weighted by molar-refractivity contribution is 4.96. The van der Waals surface area contributed by atoms with Gasteiger partial charge in [0.1, 0.15) is 0 Å². The van der Waals surface area contributed by atoms with Crippen molar-refractivity contribution in [3.8, 4) is 0 Å². The van der Waals surface area contributed by atoms with Gasteiger partial charge in [-0.05, 0) is 25.3 Å². The minimum absolute atomic E-state index is 0.598. The van der Waals surface area contributed by atoms with Gasteiger partial charge < -0.3 is 10.1 Å². The van der Waals surface area contributed by atoms with Gasteiger partial charge in [0, 0.05) is 37.7 Å². The van der Waals surface area contributed by atoms with E-state index < -0.39 is 0 Å². The largest absolute Gasteiger partial charge is 0.381 e. The molecule has 0 bridgehead atoms. The Morgan fingerprint density at radius 3 is 3.36 bits per heavy atom. The summed E-state index contributed by atoms with van der Waals surface area (Å²) in [5.41, 5.74) is 1.15. The molecule has 1 aliphatic heterocycles. The number of nitrogens with one attached hydrogen (secondary N) is 2. The molecule has 2 N–H and O–H groups in total. The van der Waals surface area contributed by atoms with Gasteiger partial charge in [0.15, 0.2) is 0 Å². The number of nitrogens with zero attached hydrogens (tertiary/aromatic N) is 1. The van der Waals surface area contributed by atoms with Crippen LogP contribution in [0.15, 0.2) is 12.3 Å². The summed E-state index contributed by atoms with van der Waals surface area (Å²) < 4.78 is 5.40. The molecule has 0 saturated carbocycles. The second kappa shape index (κ2) is 5.12. The summed E-state index contributed by atoms with van der Waals surface area (Å²) in [5, 5.41) is 10.4. The SMILES string of the molecule is c1cc(CNC2CCCOCC2)[nH]n1. The Bertz CT molecular complexity index is 240. The van der Waals surface area contributed by atoms with Crippen LogP contribution in [0.1, 0.15) is 25.0 Å². The van der Waals surface area contributed by atoms with E-state index in [-0.39, 0.29) is 0 Å². The molecule has 4 nitrogen and oxygen atoms in total. The fraction of sp³-hybridized carbons (Fsp3) is 0.700. The zero-order valence-corrected chi connectivity index (χ0v) is 8.33. The van der Waals surface area contributed by atoms with Gasteiger partial charge in [-0.25, -0.2) is 0 Å². The topological polar surface area (TPSA) is 49.9 Å². The van der Waals surface area contributed by atoms with E-state index in [0.717, 1.165) is 31.9 Å². The molecule has 4 heteroatoms. The summed E-state index contributed by atoms with van der Waals surface area (Å²) in [6.45, 7) is 2.69. The molecule has 1 saturated heterocycles. The van der Waals surface area contributed by atoms with Gasteiger partial charge in [0.05, 0.1) is 0 Å². The fourth-order valence-corrected chi connectivity index (χ4v) is 1.75. The van der Waals surface area contributed by atoms with E-state index in [0.29, 0.717) is 6.04 Å². The standard InChI is InChI=1S/C10H17N3O/c1-2-9(4-7-14-6-1)11-8-10-3-5-12-13-10/h3,5,9,11H,1-2,4,6-8H2,(H,12,13). The molecule has 1 aromatic heterocycles. The summed E-state index contributed by atoms with van der Waals surface area (Å²) >= 11 is 0. The zero-order valence-electron chi connectivity index (χ0n) is 8.33. The molecule has 0 aliphatic carbocycles. The molecule has 78 valence electrons. The quantitative estimate of drug-likeness (QED) is 0.758. The smallest absolute Gasteiger partial charge is 0.0490 e. The van der Waals surface area contributed by atoms with Crippen LogP contribution in [-0.4, -0.2) is 29.5 Å². The Morgan fingerprint density at radius 2 is 2.50 bits per heavy atom. The van der Waals surface area contributed by atoms with Gasteiger partial charge in [-0.15, -0.1) is 0 Å². The van der Waals surface area contributed by atoms with E-state index in [1.54, 1.807) is 6.20 Å². The number of ether oxygens (including phenoxy) is 1. The van der Waals surface area contributed by atoms with Crippen molar-refractivity contribution in [2.45, 2.75) is 31.8 Å². The van der Waals surface area contributed by atoms with Crippen molar-refractivity contribution in [1.82, 2.24) is 15.5 Å². The van der Waals surface area contributed by atoms with Crippen molar-refractivity contribution in [3.63, 3.8) is 0 Å². The number of H-pyrrole nitrogens is 1. The van der Waals surface area contributed by atoms with Crippen molar-refractivity contribution < 1.29 is 4.74 Å². The first-order chi connectivity index (χ1) is 6.95. The van der Waals surface area contributed by atoms with Crippen LogP contribution in [0.3, 0.4) is 0 Å². The van der Waals surface area contributed by atoms with Crippen LogP contribution in [-0.2, 0) is 11.3 Å². The molecular formula is C10H17N3O. The summed E-state index contributed by atoms with van der Waals surface area (Å²) in [4.78, 5) is 0. The maximum absolute atomic E-state index is 5.40. The third-order valence-electron chi connectivity index (χ3n) is 2.59. The van der Waals surface area contributed by atoms with Gasteiger partial charge in [-0.3, -0.25) is 5.10 Å². The molecule has 0 spiro atoms. The van der Waals surface area contributed by atoms with Gasteiger partial charge in [-0.2, -0.15) is 5.10 Å². The molecule has 1 aliphatic rings. The number of hydrogen-bond acceptors (Lipinski definition) is 3. The lowest BCUT2D eigenvalue weighted by Gasteiger charge is -2.14. The number of rotatable bonds is 3. The molecule has 14 heavy (non-hydrogen) atoms. The molecular weight excluding hydrogens is 178 g/mol. The fourth-order valence-electron chi connectivity index (χ4n) is 1.75. The average molecular weight is 195 g/mol. The molecule has 1 unspecified atom stereocenters. The number of aromatic nitrogens is 2. The molecule has 1 atom stereocenters. The highest BCUT2D eigenvalue weighted by atomic mass is 16.5. The predicted molar refractivity (Wildman–Crippen MR) is 53.9 cm³/mol. The van der Waals surface area contributed by atoms with Gasteiger partial charge >= 0.3 is 0 Å². The Balaban J connectivity index is 1.73. The molecule has 2 heterocycles.